The summed E-state index contributed by atoms with van der Waals surface area (Å²) in [5, 5.41) is 7.04. The Labute approximate surface area is 246 Å². The lowest BCUT2D eigenvalue weighted by atomic mass is 9.87. The van der Waals surface area contributed by atoms with E-state index in [0.29, 0.717) is 35.5 Å². The summed E-state index contributed by atoms with van der Waals surface area (Å²) in [4.78, 5) is 13.5. The van der Waals surface area contributed by atoms with E-state index in [1.807, 2.05) is 45.9 Å². The molecule has 0 atom stereocenters. The van der Waals surface area contributed by atoms with Crippen molar-refractivity contribution in [1.82, 2.24) is 14.7 Å². The zero-order valence-electron chi connectivity index (χ0n) is 24.5. The Morgan fingerprint density at radius 1 is 1.00 bits per heavy atom. The normalized spacial score (nSPS) is 14.9. The topological polar surface area (TPSA) is 76.2 Å². The number of carbonyl (C=O) groups is 1. The van der Waals surface area contributed by atoms with Crippen molar-refractivity contribution in [2.45, 2.75) is 65.8 Å². The molecule has 0 unspecified atom stereocenters. The molecule has 4 aromatic rings. The summed E-state index contributed by atoms with van der Waals surface area (Å²) in [7, 11) is 0. The van der Waals surface area contributed by atoms with Gasteiger partial charge in [0.2, 0.25) is 0 Å². The molecule has 0 saturated heterocycles. The Morgan fingerprint density at radius 2 is 1.67 bits per heavy atom. The Kier molecular flexibility index (Phi) is 7.58. The number of fused-ring (bicyclic) bond motifs is 1. The zero-order chi connectivity index (χ0) is 31.4. The number of para-hydroxylation sites is 1. The number of nitrogens with two attached hydrogens (primary N) is 1. The fourth-order valence-electron chi connectivity index (χ4n) is 5.79. The molecule has 1 aliphatic heterocycles. The van der Waals surface area contributed by atoms with Crippen LogP contribution in [0.5, 0.6) is 0 Å². The van der Waals surface area contributed by atoms with E-state index in [2.05, 4.69) is 10.2 Å². The van der Waals surface area contributed by atoms with E-state index in [9.17, 15) is 18.0 Å². The highest BCUT2D eigenvalue weighted by molar-refractivity contribution is 5.88. The van der Waals surface area contributed by atoms with Crippen LogP contribution in [0.4, 0.5) is 32.4 Å². The number of rotatable bonds is 5. The number of amides is 2. The van der Waals surface area contributed by atoms with E-state index < -0.39 is 34.9 Å². The minimum atomic E-state index is -4.44. The second kappa shape index (κ2) is 10.8. The van der Waals surface area contributed by atoms with Crippen LogP contribution in [0.25, 0.3) is 16.9 Å². The monoisotopic (exact) mass is 597 g/mol. The number of hydrogen-bond donors (Lipinski definition) is 2. The van der Waals surface area contributed by atoms with Crippen LogP contribution in [0, 0.1) is 32.4 Å². The van der Waals surface area contributed by atoms with Crippen LogP contribution < -0.4 is 11.1 Å². The van der Waals surface area contributed by atoms with Crippen LogP contribution in [0.1, 0.15) is 52.9 Å². The highest BCUT2D eigenvalue weighted by Gasteiger charge is 2.38. The molecule has 0 fully saturated rings. The fourth-order valence-corrected chi connectivity index (χ4v) is 5.79. The number of anilines is 1. The Morgan fingerprint density at radius 3 is 2.28 bits per heavy atom. The molecular weight excluding hydrogens is 565 g/mol. The first-order valence-electron chi connectivity index (χ1n) is 13.7. The highest BCUT2D eigenvalue weighted by Crippen LogP contribution is 2.41. The van der Waals surface area contributed by atoms with Gasteiger partial charge in [-0.15, -0.1) is 0 Å². The number of nitrogens with one attached hydrogen (secondary N) is 1. The van der Waals surface area contributed by atoms with Crippen molar-refractivity contribution in [3.63, 3.8) is 0 Å². The number of carbonyl (C=O) groups excluding carboxylic acids is 1. The summed E-state index contributed by atoms with van der Waals surface area (Å²) in [5.41, 5.74) is 9.00. The lowest BCUT2D eigenvalue weighted by molar-refractivity contribution is -0.137. The van der Waals surface area contributed by atoms with Crippen molar-refractivity contribution < 1.29 is 26.7 Å². The molecule has 43 heavy (non-hydrogen) atoms. The molecule has 2 heterocycles. The molecule has 5 rings (SSSR count). The van der Waals surface area contributed by atoms with E-state index in [1.54, 1.807) is 11.6 Å². The van der Waals surface area contributed by atoms with Gasteiger partial charge in [0.25, 0.3) is 0 Å². The minimum absolute atomic E-state index is 0.0470. The molecule has 1 aromatic heterocycles. The highest BCUT2D eigenvalue weighted by atomic mass is 19.4. The van der Waals surface area contributed by atoms with Crippen LogP contribution in [-0.2, 0) is 25.7 Å². The Hall–Kier alpha value is -4.25. The van der Waals surface area contributed by atoms with Crippen molar-refractivity contribution in [3.05, 3.63) is 99.2 Å². The van der Waals surface area contributed by atoms with Gasteiger partial charge in [0.1, 0.15) is 11.6 Å². The Balaban J connectivity index is 1.66. The number of primary amides is 1. The summed E-state index contributed by atoms with van der Waals surface area (Å²) in [5.74, 6) is -1.65. The van der Waals surface area contributed by atoms with Gasteiger partial charge in [-0.05, 0) is 75.1 Å². The van der Waals surface area contributed by atoms with Gasteiger partial charge in [-0.1, -0.05) is 24.3 Å². The van der Waals surface area contributed by atoms with Gasteiger partial charge in [-0.3, -0.25) is 4.90 Å². The maximum Gasteiger partial charge on any atom is 0.416 e. The van der Waals surface area contributed by atoms with E-state index in [1.165, 1.54) is 6.07 Å². The third-order valence-electron chi connectivity index (χ3n) is 8.12. The predicted molar refractivity (Wildman–Crippen MR) is 155 cm³/mol. The SMILES string of the molecule is Cc1cc(C(F)(F)F)ccc1CN1Cc2c(nn(-c3c(C)cccc3C)c2-c2cc(F)c(NC(N)=O)cc2F)CC1(C)C. The third-order valence-corrected chi connectivity index (χ3v) is 8.12. The summed E-state index contributed by atoms with van der Waals surface area (Å²) >= 11 is 0. The second-order valence-corrected chi connectivity index (χ2v) is 11.7. The van der Waals surface area contributed by atoms with E-state index in [-0.39, 0.29) is 17.8 Å². The molecule has 226 valence electrons. The Bertz CT molecular complexity index is 1720. The van der Waals surface area contributed by atoms with Crippen LogP contribution in [-0.4, -0.2) is 26.3 Å². The maximum absolute atomic E-state index is 15.8. The van der Waals surface area contributed by atoms with Gasteiger partial charge in [0.15, 0.2) is 0 Å². The first kappa shape index (κ1) is 30.2. The molecular formula is C32H32F5N5O. The first-order chi connectivity index (χ1) is 20.1. The molecule has 0 bridgehead atoms. The molecule has 3 N–H and O–H groups in total. The van der Waals surface area contributed by atoms with Crippen LogP contribution in [0.15, 0.2) is 48.5 Å². The second-order valence-electron chi connectivity index (χ2n) is 11.7. The molecule has 0 spiro atoms. The number of benzene rings is 3. The van der Waals surface area contributed by atoms with E-state index in [4.69, 9.17) is 10.8 Å². The first-order valence-corrected chi connectivity index (χ1v) is 13.7. The largest absolute Gasteiger partial charge is 0.416 e. The summed E-state index contributed by atoms with van der Waals surface area (Å²) in [6, 6.07) is 10.3. The maximum atomic E-state index is 15.8. The number of urea groups is 1. The van der Waals surface area contributed by atoms with Crippen LogP contribution >= 0.6 is 0 Å². The average molecular weight is 598 g/mol. The smallest absolute Gasteiger partial charge is 0.351 e. The van der Waals surface area contributed by atoms with Crippen LogP contribution in [0.2, 0.25) is 0 Å². The van der Waals surface area contributed by atoms with Gasteiger partial charge in [-0.2, -0.15) is 18.3 Å². The molecule has 0 saturated carbocycles. The van der Waals surface area contributed by atoms with Gasteiger partial charge in [0, 0.05) is 42.2 Å². The number of nitrogens with zero attached hydrogens (tertiary/aromatic N) is 3. The molecule has 0 radical (unpaired) electrons. The number of aromatic nitrogens is 2. The number of hydrogen-bond acceptors (Lipinski definition) is 3. The molecule has 3 aromatic carbocycles. The minimum Gasteiger partial charge on any atom is -0.351 e. The zero-order valence-corrected chi connectivity index (χ0v) is 24.5. The summed E-state index contributed by atoms with van der Waals surface area (Å²) < 4.78 is 72.5. The average Bonchev–Trinajstić information content (AvgIpc) is 3.22. The van der Waals surface area contributed by atoms with Crippen molar-refractivity contribution in [2.24, 2.45) is 5.73 Å². The fraction of sp³-hybridized carbons (Fsp3) is 0.312. The quantitative estimate of drug-likeness (QED) is 0.233. The lowest BCUT2D eigenvalue weighted by Gasteiger charge is -2.42. The molecule has 0 aliphatic carbocycles. The van der Waals surface area contributed by atoms with Gasteiger partial charge in [-0.25, -0.2) is 18.3 Å². The van der Waals surface area contributed by atoms with Crippen molar-refractivity contribution in [2.75, 3.05) is 5.32 Å². The lowest BCUT2D eigenvalue weighted by Crippen LogP contribution is -2.47. The number of alkyl halides is 3. The van der Waals surface area contributed by atoms with Crippen molar-refractivity contribution in [3.8, 4) is 16.9 Å². The predicted octanol–water partition coefficient (Wildman–Crippen LogP) is 7.59. The molecule has 1 aliphatic rings. The summed E-state index contributed by atoms with van der Waals surface area (Å²) in [6.07, 6.45) is -3.99. The standard InChI is InChI=1S/C32H32F5N5O/c1-17-7-6-8-18(2)28(17)42-29(22-12-25(34)26(13-24(22)33)39-30(38)43)23-16-41(31(4,5)14-27(23)40-42)15-20-9-10-21(11-19(20)3)32(35,36)37/h6-13H,14-16H2,1-5H3,(H3,38,39,43). The van der Waals surface area contributed by atoms with Gasteiger partial charge >= 0.3 is 12.2 Å². The van der Waals surface area contributed by atoms with Gasteiger partial charge in [0.05, 0.1) is 28.3 Å². The van der Waals surface area contributed by atoms with Crippen molar-refractivity contribution >= 4 is 11.7 Å². The number of halogens is 5. The molecule has 11 heteroatoms. The van der Waals surface area contributed by atoms with Crippen LogP contribution in [0.3, 0.4) is 0 Å². The van der Waals surface area contributed by atoms with E-state index >= 15 is 8.78 Å². The van der Waals surface area contributed by atoms with E-state index in [0.717, 1.165) is 46.6 Å². The summed E-state index contributed by atoms with van der Waals surface area (Å²) in [6.45, 7) is 10.1. The number of aryl methyl sites for hydroxylation is 3. The third kappa shape index (κ3) is 5.73. The molecule has 2 amide bonds. The van der Waals surface area contributed by atoms with Crippen molar-refractivity contribution in [1.29, 1.82) is 0 Å². The molecule has 6 nitrogen and oxygen atoms in total. The van der Waals surface area contributed by atoms with Gasteiger partial charge < -0.3 is 11.1 Å².